The molecule has 1 rings (SSSR count). The Balaban J connectivity index is 0. The van der Waals surface area contributed by atoms with E-state index in [0.29, 0.717) is 0 Å². The molecule has 0 atom stereocenters. The molecule has 8 heavy (non-hydrogen) atoms. The van der Waals surface area contributed by atoms with Gasteiger partial charge in [-0.1, -0.05) is 0 Å². The normalized spacial score (nSPS) is 15.5. The minimum atomic E-state index is 0. The molecule has 0 spiro atoms. The van der Waals surface area contributed by atoms with Crippen LogP contribution in [-0.4, -0.2) is 19.9 Å². The van der Waals surface area contributed by atoms with Crippen molar-refractivity contribution in [1.29, 1.82) is 0 Å². The maximum atomic E-state index is 7.50. The predicted octanol–water partition coefficient (Wildman–Crippen LogP) is -0.0298. The zero-order chi connectivity index (χ0) is 5.54. The molecule has 0 aromatic rings. The van der Waals surface area contributed by atoms with E-state index in [1.807, 2.05) is 0 Å². The Morgan fingerprint density at radius 3 is 1.62 bits per heavy atom. The molecule has 46 valence electrons. The van der Waals surface area contributed by atoms with Crippen LogP contribution in [0, 0.1) is 0 Å². The molecule has 0 aliphatic carbocycles. The van der Waals surface area contributed by atoms with Crippen molar-refractivity contribution < 1.29 is 25.9 Å². The molecular weight excluding hydrogens is 274 g/mol. The number of carbonyl (C=O) groups excluding carboxylic acids is 1. The van der Waals surface area contributed by atoms with Gasteiger partial charge in [0.05, 0.1) is 0 Å². The van der Waals surface area contributed by atoms with E-state index in [9.17, 15) is 0 Å². The van der Waals surface area contributed by atoms with E-state index < -0.39 is 0 Å². The average Bonchev–Trinajstić information content (AvgIpc) is 2.23. The van der Waals surface area contributed by atoms with Crippen LogP contribution in [0.2, 0.25) is 0 Å². The van der Waals surface area contributed by atoms with Gasteiger partial charge in [0.1, 0.15) is 0 Å². The predicted molar refractivity (Wildman–Crippen MR) is 27.8 cm³/mol. The first-order valence-electron chi connectivity index (χ1n) is 2.41. The molecule has 0 amide bonds. The first-order chi connectivity index (χ1) is 3.50. The first kappa shape index (κ1) is 11.2. The Kier molecular flexibility index (Phi) is 14.4. The number of nitrogens with one attached hydrogen (secondary N) is 1. The molecule has 1 aliphatic rings. The quantitative estimate of drug-likeness (QED) is 0.676. The van der Waals surface area contributed by atoms with Crippen molar-refractivity contribution in [2.45, 2.75) is 12.8 Å². The van der Waals surface area contributed by atoms with Gasteiger partial charge in [-0.05, 0) is 25.9 Å². The molecule has 1 fully saturated rings. The van der Waals surface area contributed by atoms with Crippen LogP contribution in [0.5, 0.6) is 0 Å². The van der Waals surface area contributed by atoms with Gasteiger partial charge in [0.15, 0.2) is 0 Å². The van der Waals surface area contributed by atoms with E-state index in [-0.39, 0.29) is 21.1 Å². The second-order valence-electron chi connectivity index (χ2n) is 1.46. The van der Waals surface area contributed by atoms with Crippen LogP contribution >= 0.6 is 0 Å². The molecular formula is C5H9NOW. The van der Waals surface area contributed by atoms with Crippen molar-refractivity contribution in [3.05, 3.63) is 0 Å². The molecule has 1 N–H and O–H groups in total. The van der Waals surface area contributed by atoms with Crippen molar-refractivity contribution in [3.63, 3.8) is 0 Å². The second-order valence-corrected chi connectivity index (χ2v) is 1.46. The van der Waals surface area contributed by atoms with Gasteiger partial charge in [0.25, 0.3) is 6.79 Å². The van der Waals surface area contributed by atoms with Gasteiger partial charge in [0, 0.05) is 21.1 Å². The molecule has 0 aromatic heterocycles. The third-order valence-corrected chi connectivity index (χ3v) is 0.957. The first-order valence-corrected chi connectivity index (χ1v) is 2.41. The molecule has 2 nitrogen and oxygen atoms in total. The van der Waals surface area contributed by atoms with Gasteiger partial charge in [-0.25, -0.2) is 0 Å². The SMILES string of the molecule is C1CCNC1.[C]=O.[W]. The van der Waals surface area contributed by atoms with Gasteiger partial charge >= 0.3 is 0 Å². The molecule has 1 saturated heterocycles. The van der Waals surface area contributed by atoms with Crippen molar-refractivity contribution in [1.82, 2.24) is 5.32 Å². The molecule has 0 unspecified atom stereocenters. The summed E-state index contributed by atoms with van der Waals surface area (Å²) in [5.41, 5.74) is 0. The summed E-state index contributed by atoms with van der Waals surface area (Å²) < 4.78 is 0. The van der Waals surface area contributed by atoms with E-state index in [4.69, 9.17) is 4.79 Å². The third kappa shape index (κ3) is 6.32. The zero-order valence-electron chi connectivity index (χ0n) is 4.64. The Morgan fingerprint density at radius 1 is 1.12 bits per heavy atom. The topological polar surface area (TPSA) is 29.1 Å². The van der Waals surface area contributed by atoms with E-state index in [0.717, 1.165) is 0 Å². The van der Waals surface area contributed by atoms with Crippen LogP contribution in [0.4, 0.5) is 0 Å². The van der Waals surface area contributed by atoms with E-state index in [1.54, 1.807) is 0 Å². The maximum absolute atomic E-state index is 7.50. The Hall–Kier alpha value is 0.318. The van der Waals surface area contributed by atoms with Crippen molar-refractivity contribution in [3.8, 4) is 0 Å². The summed E-state index contributed by atoms with van der Waals surface area (Å²) in [5, 5.41) is 3.22. The minimum Gasteiger partial charge on any atom is -0.317 e. The van der Waals surface area contributed by atoms with Gasteiger partial charge in [-0.2, -0.15) is 0 Å². The summed E-state index contributed by atoms with van der Waals surface area (Å²) in [6.45, 7) is 7.00. The van der Waals surface area contributed by atoms with Crippen LogP contribution < -0.4 is 5.32 Å². The Labute approximate surface area is 64.3 Å². The monoisotopic (exact) mass is 283 g/mol. The van der Waals surface area contributed by atoms with Crippen molar-refractivity contribution in [2.75, 3.05) is 13.1 Å². The average molecular weight is 283 g/mol. The van der Waals surface area contributed by atoms with Gasteiger partial charge in [-0.3, -0.25) is 4.79 Å². The summed E-state index contributed by atoms with van der Waals surface area (Å²) in [6.07, 6.45) is 2.78. The largest absolute Gasteiger partial charge is 0.317 e. The van der Waals surface area contributed by atoms with Crippen LogP contribution in [-0.2, 0) is 25.9 Å². The van der Waals surface area contributed by atoms with Crippen LogP contribution in [0.15, 0.2) is 0 Å². The van der Waals surface area contributed by atoms with Crippen molar-refractivity contribution in [2.24, 2.45) is 0 Å². The van der Waals surface area contributed by atoms with Gasteiger partial charge in [0.2, 0.25) is 0 Å². The minimum absolute atomic E-state index is 0. The van der Waals surface area contributed by atoms with E-state index in [1.165, 1.54) is 25.9 Å². The number of hydrogen-bond donors (Lipinski definition) is 1. The van der Waals surface area contributed by atoms with Gasteiger partial charge in [-0.15, -0.1) is 0 Å². The van der Waals surface area contributed by atoms with Crippen LogP contribution in [0.25, 0.3) is 0 Å². The fourth-order valence-corrected chi connectivity index (χ4v) is 0.625. The van der Waals surface area contributed by atoms with E-state index >= 15 is 0 Å². The van der Waals surface area contributed by atoms with Gasteiger partial charge < -0.3 is 5.32 Å². The fraction of sp³-hybridized carbons (Fsp3) is 0.800. The number of hydrogen-bond acceptors (Lipinski definition) is 2. The number of rotatable bonds is 0. The molecule has 3 heteroatoms. The third-order valence-electron chi connectivity index (χ3n) is 0.957. The summed E-state index contributed by atoms with van der Waals surface area (Å²) in [4.78, 5) is 7.50. The van der Waals surface area contributed by atoms with Crippen molar-refractivity contribution >= 4 is 6.79 Å². The van der Waals surface area contributed by atoms with Crippen LogP contribution in [0.3, 0.4) is 0 Å². The molecule has 0 aromatic carbocycles. The summed E-state index contributed by atoms with van der Waals surface area (Å²) >= 11 is 0. The maximum Gasteiger partial charge on any atom is 0.281 e. The molecule has 2 radical (unpaired) electrons. The standard InChI is InChI=1S/C4H9N.CO.W/c1-2-4-5-3-1;1-2;/h5H,1-4H2;;. The Morgan fingerprint density at radius 2 is 1.50 bits per heavy atom. The summed E-state index contributed by atoms with van der Waals surface area (Å²) in [7, 11) is 0. The smallest absolute Gasteiger partial charge is 0.281 e. The fourth-order valence-electron chi connectivity index (χ4n) is 0.625. The molecule has 0 saturated carbocycles. The zero-order valence-corrected chi connectivity index (χ0v) is 7.58. The second kappa shape index (κ2) is 10.3. The van der Waals surface area contributed by atoms with Crippen LogP contribution in [0.1, 0.15) is 12.8 Å². The Bertz CT molecular complexity index is 31.8. The summed E-state index contributed by atoms with van der Waals surface area (Å²) in [6, 6.07) is 0. The summed E-state index contributed by atoms with van der Waals surface area (Å²) in [5.74, 6) is 0. The molecule has 0 bridgehead atoms. The molecule has 1 heterocycles. The molecule has 1 aliphatic heterocycles. The van der Waals surface area contributed by atoms with E-state index in [2.05, 4.69) is 12.1 Å².